The normalized spacial score (nSPS) is 15.2. The zero-order valence-electron chi connectivity index (χ0n) is 18.3. The molecule has 3 aromatic carbocycles. The predicted octanol–water partition coefficient (Wildman–Crippen LogP) is 5.05. The van der Waals surface area contributed by atoms with Crippen molar-refractivity contribution in [3.8, 4) is 39.7 Å². The van der Waals surface area contributed by atoms with E-state index in [4.69, 9.17) is 4.42 Å². The van der Waals surface area contributed by atoms with Gasteiger partial charge in [0.1, 0.15) is 34.0 Å². The van der Waals surface area contributed by atoms with Crippen LogP contribution in [0.25, 0.3) is 33.4 Å². The molecule has 2 heterocycles. The van der Waals surface area contributed by atoms with Crippen molar-refractivity contribution in [3.63, 3.8) is 0 Å². The van der Waals surface area contributed by atoms with Gasteiger partial charge in [-0.25, -0.2) is 0 Å². The summed E-state index contributed by atoms with van der Waals surface area (Å²) in [5.41, 5.74) is 2.33. The fraction of sp³-hybridized carbons (Fsp3) is 0.222. The summed E-state index contributed by atoms with van der Waals surface area (Å²) in [5.74, 6) is 0.313. The lowest BCUT2D eigenvalue weighted by Crippen LogP contribution is -2.29. The van der Waals surface area contributed by atoms with E-state index in [1.807, 2.05) is 6.07 Å². The van der Waals surface area contributed by atoms with Gasteiger partial charge in [-0.3, -0.25) is 4.79 Å². The van der Waals surface area contributed by atoms with Gasteiger partial charge in [-0.05, 0) is 80.4 Å². The van der Waals surface area contributed by atoms with Gasteiger partial charge in [-0.1, -0.05) is 24.3 Å². The molecule has 6 heteroatoms. The second kappa shape index (κ2) is 8.30. The summed E-state index contributed by atoms with van der Waals surface area (Å²) >= 11 is 0. The van der Waals surface area contributed by atoms with Crippen LogP contribution < -0.4 is 5.43 Å². The third-order valence-electron chi connectivity index (χ3n) is 6.49. The lowest BCUT2D eigenvalue weighted by molar-refractivity contribution is 0.255. The van der Waals surface area contributed by atoms with Gasteiger partial charge < -0.3 is 24.6 Å². The zero-order chi connectivity index (χ0) is 23.1. The molecular weight excluding hydrogens is 418 g/mol. The summed E-state index contributed by atoms with van der Waals surface area (Å²) < 4.78 is 6.23. The maximum absolute atomic E-state index is 13.3. The van der Waals surface area contributed by atoms with Gasteiger partial charge >= 0.3 is 0 Å². The van der Waals surface area contributed by atoms with Crippen LogP contribution >= 0.6 is 0 Å². The summed E-state index contributed by atoms with van der Waals surface area (Å²) in [6.45, 7) is 1.83. The van der Waals surface area contributed by atoms with Crippen LogP contribution in [0.2, 0.25) is 0 Å². The molecule has 5 rings (SSSR count). The van der Waals surface area contributed by atoms with E-state index in [1.165, 1.54) is 6.07 Å². The Morgan fingerprint density at radius 2 is 1.67 bits per heavy atom. The fourth-order valence-electron chi connectivity index (χ4n) is 4.68. The number of hydrogen-bond donors (Lipinski definition) is 3. The van der Waals surface area contributed by atoms with Crippen molar-refractivity contribution < 1.29 is 19.7 Å². The van der Waals surface area contributed by atoms with E-state index in [0.29, 0.717) is 22.3 Å². The Morgan fingerprint density at radius 3 is 2.39 bits per heavy atom. The van der Waals surface area contributed by atoms with Gasteiger partial charge in [-0.2, -0.15) is 0 Å². The standard InChI is InChI=1S/C27H25NO5/c1-28-11-9-16(10-12-28)21-14-20(17-5-4-6-18(29)13-17)26(32)25-23(31)15-24(33-27(21)25)19-7-2-3-8-22(19)30/h2-8,13-16,29-30,32H,9-12H2,1H3. The first-order valence-corrected chi connectivity index (χ1v) is 11.0. The molecule has 0 radical (unpaired) electrons. The second-order valence-corrected chi connectivity index (χ2v) is 8.69. The summed E-state index contributed by atoms with van der Waals surface area (Å²) in [7, 11) is 2.08. The van der Waals surface area contributed by atoms with Gasteiger partial charge in [0.15, 0.2) is 5.43 Å². The third kappa shape index (κ3) is 3.83. The van der Waals surface area contributed by atoms with Crippen molar-refractivity contribution in [2.45, 2.75) is 18.8 Å². The van der Waals surface area contributed by atoms with Crippen LogP contribution in [-0.4, -0.2) is 40.4 Å². The van der Waals surface area contributed by atoms with Gasteiger partial charge in [0.05, 0.1) is 5.56 Å². The summed E-state index contributed by atoms with van der Waals surface area (Å²) in [4.78, 5) is 15.5. The molecule has 1 aliphatic rings. The number of phenolic OH excluding ortho intramolecular Hbond substituents is 3. The van der Waals surface area contributed by atoms with Crippen LogP contribution in [0, 0.1) is 0 Å². The van der Waals surface area contributed by atoms with E-state index in [-0.39, 0.29) is 39.7 Å². The average molecular weight is 443 g/mol. The maximum Gasteiger partial charge on any atom is 0.197 e. The first-order chi connectivity index (χ1) is 15.9. The number of phenols is 3. The Labute approximate surface area is 191 Å². The lowest BCUT2D eigenvalue weighted by Gasteiger charge is -2.30. The number of para-hydroxylation sites is 1. The molecular formula is C27H25NO5. The number of aromatic hydroxyl groups is 3. The summed E-state index contributed by atoms with van der Waals surface area (Å²) in [6, 6.07) is 16.5. The number of benzene rings is 3. The van der Waals surface area contributed by atoms with Crippen molar-refractivity contribution in [3.05, 3.63) is 76.5 Å². The Morgan fingerprint density at radius 1 is 0.909 bits per heavy atom. The van der Waals surface area contributed by atoms with Crippen molar-refractivity contribution in [2.75, 3.05) is 20.1 Å². The molecule has 1 aromatic heterocycles. The van der Waals surface area contributed by atoms with Crippen molar-refractivity contribution in [1.29, 1.82) is 0 Å². The molecule has 0 saturated carbocycles. The molecule has 1 saturated heterocycles. The molecule has 0 unspecified atom stereocenters. The number of fused-ring (bicyclic) bond motifs is 1. The number of hydrogen-bond acceptors (Lipinski definition) is 6. The third-order valence-corrected chi connectivity index (χ3v) is 6.49. The summed E-state index contributed by atoms with van der Waals surface area (Å²) in [6.07, 6.45) is 1.78. The summed E-state index contributed by atoms with van der Waals surface area (Å²) in [5, 5.41) is 31.6. The van der Waals surface area contributed by atoms with Gasteiger partial charge in [0.2, 0.25) is 0 Å². The van der Waals surface area contributed by atoms with Gasteiger partial charge in [0, 0.05) is 11.6 Å². The highest BCUT2D eigenvalue weighted by Gasteiger charge is 2.26. The van der Waals surface area contributed by atoms with Crippen LogP contribution in [-0.2, 0) is 0 Å². The first kappa shape index (κ1) is 21.1. The number of piperidine rings is 1. The minimum atomic E-state index is -0.386. The monoisotopic (exact) mass is 443 g/mol. The zero-order valence-corrected chi connectivity index (χ0v) is 18.3. The van der Waals surface area contributed by atoms with Gasteiger partial charge in [-0.15, -0.1) is 0 Å². The molecule has 0 amide bonds. The van der Waals surface area contributed by atoms with E-state index in [9.17, 15) is 20.1 Å². The smallest absolute Gasteiger partial charge is 0.197 e. The molecule has 1 aliphatic heterocycles. The number of nitrogens with zero attached hydrogens (tertiary/aromatic N) is 1. The highest BCUT2D eigenvalue weighted by Crippen LogP contribution is 2.43. The molecule has 1 fully saturated rings. The largest absolute Gasteiger partial charge is 0.508 e. The molecule has 4 aromatic rings. The molecule has 0 aliphatic carbocycles. The SMILES string of the molecule is CN1CCC(c2cc(-c3cccc(O)c3)c(O)c3c(=O)cc(-c4ccccc4O)oc23)CC1. The highest BCUT2D eigenvalue weighted by molar-refractivity contribution is 5.95. The van der Waals surface area contributed by atoms with E-state index in [1.54, 1.807) is 48.5 Å². The van der Waals surface area contributed by atoms with E-state index < -0.39 is 0 Å². The molecule has 168 valence electrons. The Kier molecular flexibility index (Phi) is 5.30. The predicted molar refractivity (Wildman–Crippen MR) is 128 cm³/mol. The lowest BCUT2D eigenvalue weighted by atomic mass is 9.86. The molecule has 0 spiro atoms. The van der Waals surface area contributed by atoms with Crippen LogP contribution in [0.15, 0.2) is 69.9 Å². The topological polar surface area (TPSA) is 94.1 Å². The van der Waals surface area contributed by atoms with E-state index >= 15 is 0 Å². The average Bonchev–Trinajstić information content (AvgIpc) is 2.80. The highest BCUT2D eigenvalue weighted by atomic mass is 16.3. The van der Waals surface area contributed by atoms with Crippen molar-refractivity contribution in [1.82, 2.24) is 4.90 Å². The minimum absolute atomic E-state index is 0.0152. The van der Waals surface area contributed by atoms with Crippen LogP contribution in [0.4, 0.5) is 0 Å². The Balaban J connectivity index is 1.80. The quantitative estimate of drug-likeness (QED) is 0.410. The van der Waals surface area contributed by atoms with Crippen molar-refractivity contribution in [2.24, 2.45) is 0 Å². The minimum Gasteiger partial charge on any atom is -0.508 e. The van der Waals surface area contributed by atoms with Crippen molar-refractivity contribution >= 4 is 11.0 Å². The van der Waals surface area contributed by atoms with Crippen LogP contribution in [0.5, 0.6) is 17.2 Å². The van der Waals surface area contributed by atoms with Crippen LogP contribution in [0.3, 0.4) is 0 Å². The number of rotatable bonds is 3. The molecule has 0 atom stereocenters. The number of likely N-dealkylation sites (tertiary alicyclic amines) is 1. The molecule has 0 bridgehead atoms. The van der Waals surface area contributed by atoms with E-state index in [0.717, 1.165) is 31.5 Å². The first-order valence-electron chi connectivity index (χ1n) is 11.0. The second-order valence-electron chi connectivity index (χ2n) is 8.69. The molecule has 6 nitrogen and oxygen atoms in total. The molecule has 3 N–H and O–H groups in total. The van der Waals surface area contributed by atoms with Gasteiger partial charge in [0.25, 0.3) is 0 Å². The van der Waals surface area contributed by atoms with E-state index in [2.05, 4.69) is 11.9 Å². The molecule has 33 heavy (non-hydrogen) atoms. The fourth-order valence-corrected chi connectivity index (χ4v) is 4.68. The van der Waals surface area contributed by atoms with Crippen LogP contribution in [0.1, 0.15) is 24.3 Å². The maximum atomic E-state index is 13.3. The Bertz CT molecular complexity index is 1400. The Hall–Kier alpha value is -3.77.